The van der Waals surface area contributed by atoms with Crippen molar-refractivity contribution in [2.24, 2.45) is 7.05 Å². The van der Waals surface area contributed by atoms with E-state index < -0.39 is 0 Å². The largest absolute Gasteiger partial charge is 0.354 e. The molecule has 2 amide bonds. The Morgan fingerprint density at radius 2 is 1.87 bits per heavy atom. The van der Waals surface area contributed by atoms with E-state index in [4.69, 9.17) is 4.98 Å². The molecule has 4 rings (SSSR count). The van der Waals surface area contributed by atoms with Gasteiger partial charge in [-0.25, -0.2) is 4.98 Å². The predicted octanol–water partition coefficient (Wildman–Crippen LogP) is 2.77. The molecular formula is C22H23N7O2. The van der Waals surface area contributed by atoms with Crippen LogP contribution in [0.15, 0.2) is 42.7 Å². The molecule has 0 radical (unpaired) electrons. The molecule has 2 N–H and O–H groups in total. The van der Waals surface area contributed by atoms with Crippen molar-refractivity contribution in [3.63, 3.8) is 0 Å². The molecule has 0 bridgehead atoms. The van der Waals surface area contributed by atoms with Gasteiger partial charge < -0.3 is 10.6 Å². The van der Waals surface area contributed by atoms with Crippen molar-refractivity contribution in [3.05, 3.63) is 59.7 Å². The number of rotatable bonds is 5. The maximum absolute atomic E-state index is 13.3. The minimum Gasteiger partial charge on any atom is -0.354 e. The second-order valence-corrected chi connectivity index (χ2v) is 7.15. The van der Waals surface area contributed by atoms with E-state index >= 15 is 0 Å². The quantitative estimate of drug-likeness (QED) is 0.519. The zero-order chi connectivity index (χ0) is 22.1. The molecule has 1 aromatic carbocycles. The lowest BCUT2D eigenvalue weighted by atomic mass is 10.0. The number of fused-ring (bicyclic) bond motifs is 1. The van der Waals surface area contributed by atoms with Gasteiger partial charge in [0.15, 0.2) is 5.69 Å². The Balaban J connectivity index is 1.81. The molecule has 0 fully saturated rings. The van der Waals surface area contributed by atoms with Crippen LogP contribution in [0.4, 0.5) is 5.69 Å². The van der Waals surface area contributed by atoms with Crippen molar-refractivity contribution in [1.29, 1.82) is 0 Å². The SMILES string of the molecule is CCn1cc(NC(=O)c2cc(-c3cn(C)nc3C)nc3ccccc23)c(C(=O)NC)n1. The lowest BCUT2D eigenvalue weighted by molar-refractivity contribution is 0.0958. The van der Waals surface area contributed by atoms with Crippen LogP contribution in [-0.4, -0.2) is 43.4 Å². The zero-order valence-corrected chi connectivity index (χ0v) is 17.8. The Morgan fingerprint density at radius 3 is 2.55 bits per heavy atom. The Kier molecular flexibility index (Phi) is 5.24. The van der Waals surface area contributed by atoms with Crippen LogP contribution < -0.4 is 10.6 Å². The molecule has 0 saturated heterocycles. The van der Waals surface area contributed by atoms with Crippen LogP contribution >= 0.6 is 0 Å². The van der Waals surface area contributed by atoms with E-state index in [2.05, 4.69) is 20.8 Å². The number of para-hydroxylation sites is 1. The van der Waals surface area contributed by atoms with Crippen LogP contribution in [0.1, 0.15) is 33.5 Å². The number of anilines is 1. The van der Waals surface area contributed by atoms with Gasteiger partial charge in [-0.2, -0.15) is 10.2 Å². The predicted molar refractivity (Wildman–Crippen MR) is 118 cm³/mol. The number of hydrogen-bond donors (Lipinski definition) is 2. The van der Waals surface area contributed by atoms with Crippen molar-refractivity contribution in [1.82, 2.24) is 29.9 Å². The molecule has 3 aromatic heterocycles. The van der Waals surface area contributed by atoms with Gasteiger partial charge in [0.2, 0.25) is 0 Å². The third kappa shape index (κ3) is 3.77. The van der Waals surface area contributed by atoms with Crippen LogP contribution in [0, 0.1) is 6.92 Å². The number of pyridine rings is 1. The summed E-state index contributed by atoms with van der Waals surface area (Å²) in [6.07, 6.45) is 3.53. The van der Waals surface area contributed by atoms with Gasteiger partial charge in [-0.3, -0.25) is 19.0 Å². The van der Waals surface area contributed by atoms with Gasteiger partial charge >= 0.3 is 0 Å². The standard InChI is InChI=1S/C22H23N7O2/c1-5-29-12-19(20(27-29)22(31)23-3)25-21(30)15-10-18(16-11-28(4)26-13(16)2)24-17-9-7-6-8-14(15)17/h6-12H,5H2,1-4H3,(H,23,31)(H,25,30). The van der Waals surface area contributed by atoms with E-state index in [9.17, 15) is 9.59 Å². The number of aryl methyl sites for hydroxylation is 3. The molecule has 0 saturated carbocycles. The number of amides is 2. The van der Waals surface area contributed by atoms with E-state index in [1.54, 1.807) is 21.6 Å². The van der Waals surface area contributed by atoms with Gasteiger partial charge in [-0.05, 0) is 26.0 Å². The highest BCUT2D eigenvalue weighted by Crippen LogP contribution is 2.27. The van der Waals surface area contributed by atoms with Gasteiger partial charge in [0.05, 0.1) is 28.2 Å². The van der Waals surface area contributed by atoms with E-state index in [0.29, 0.717) is 29.0 Å². The molecule has 0 aliphatic carbocycles. The topological polar surface area (TPSA) is 107 Å². The van der Waals surface area contributed by atoms with Crippen molar-refractivity contribution in [2.45, 2.75) is 20.4 Å². The first-order chi connectivity index (χ1) is 14.9. The molecule has 3 heterocycles. The highest BCUT2D eigenvalue weighted by molar-refractivity contribution is 6.14. The normalized spacial score (nSPS) is 11.0. The zero-order valence-electron chi connectivity index (χ0n) is 17.8. The molecule has 9 heteroatoms. The third-order valence-electron chi connectivity index (χ3n) is 5.03. The van der Waals surface area contributed by atoms with Gasteiger partial charge in [0.1, 0.15) is 0 Å². The molecule has 158 valence electrons. The average Bonchev–Trinajstić information content (AvgIpc) is 3.34. The summed E-state index contributed by atoms with van der Waals surface area (Å²) in [6, 6.07) is 9.22. The molecule has 0 aliphatic rings. The summed E-state index contributed by atoms with van der Waals surface area (Å²) in [4.78, 5) is 30.3. The Bertz CT molecular complexity index is 1300. The minimum atomic E-state index is -0.367. The summed E-state index contributed by atoms with van der Waals surface area (Å²) in [5.41, 5.74) is 4.01. The highest BCUT2D eigenvalue weighted by Gasteiger charge is 2.21. The smallest absolute Gasteiger partial charge is 0.273 e. The summed E-state index contributed by atoms with van der Waals surface area (Å²) in [5.74, 6) is -0.712. The second-order valence-electron chi connectivity index (χ2n) is 7.15. The van der Waals surface area contributed by atoms with Crippen LogP contribution in [0.2, 0.25) is 0 Å². The van der Waals surface area contributed by atoms with Crippen molar-refractivity contribution >= 4 is 28.4 Å². The summed E-state index contributed by atoms with van der Waals surface area (Å²) in [7, 11) is 3.37. The van der Waals surface area contributed by atoms with Crippen LogP contribution in [0.25, 0.3) is 22.2 Å². The van der Waals surface area contributed by atoms with Crippen molar-refractivity contribution in [2.75, 3.05) is 12.4 Å². The van der Waals surface area contributed by atoms with Gasteiger partial charge in [0.25, 0.3) is 11.8 Å². The van der Waals surface area contributed by atoms with E-state index in [-0.39, 0.29) is 17.5 Å². The molecule has 31 heavy (non-hydrogen) atoms. The molecule has 0 unspecified atom stereocenters. The van der Waals surface area contributed by atoms with Gasteiger partial charge in [0, 0.05) is 44.0 Å². The number of nitrogens with one attached hydrogen (secondary N) is 2. The number of hydrogen-bond acceptors (Lipinski definition) is 5. The van der Waals surface area contributed by atoms with Crippen LogP contribution in [0.3, 0.4) is 0 Å². The first kappa shape index (κ1) is 20.3. The monoisotopic (exact) mass is 417 g/mol. The Labute approximate surface area is 179 Å². The molecule has 0 spiro atoms. The number of aromatic nitrogens is 5. The molecule has 4 aromatic rings. The molecule has 0 aliphatic heterocycles. The minimum absolute atomic E-state index is 0.166. The maximum atomic E-state index is 13.3. The Hall–Kier alpha value is -4.01. The third-order valence-corrected chi connectivity index (χ3v) is 5.03. The van der Waals surface area contributed by atoms with Crippen LogP contribution in [-0.2, 0) is 13.6 Å². The molecule has 0 atom stereocenters. The lowest BCUT2D eigenvalue weighted by Crippen LogP contribution is -2.21. The van der Waals surface area contributed by atoms with Crippen LogP contribution in [0.5, 0.6) is 0 Å². The highest BCUT2D eigenvalue weighted by atomic mass is 16.2. The summed E-state index contributed by atoms with van der Waals surface area (Å²) < 4.78 is 3.32. The van der Waals surface area contributed by atoms with Crippen molar-refractivity contribution < 1.29 is 9.59 Å². The second kappa shape index (κ2) is 8.02. The summed E-state index contributed by atoms with van der Waals surface area (Å²) in [5, 5.41) is 14.8. The molecule has 9 nitrogen and oxygen atoms in total. The maximum Gasteiger partial charge on any atom is 0.273 e. The first-order valence-corrected chi connectivity index (χ1v) is 9.92. The molecular weight excluding hydrogens is 394 g/mol. The fourth-order valence-electron chi connectivity index (χ4n) is 3.50. The van der Waals surface area contributed by atoms with Gasteiger partial charge in [-0.1, -0.05) is 18.2 Å². The average molecular weight is 417 g/mol. The van der Waals surface area contributed by atoms with Gasteiger partial charge in [-0.15, -0.1) is 0 Å². The summed E-state index contributed by atoms with van der Waals surface area (Å²) in [6.45, 7) is 4.38. The fourth-order valence-corrected chi connectivity index (χ4v) is 3.50. The number of carbonyl (C=O) groups excluding carboxylic acids is 2. The number of benzene rings is 1. The lowest BCUT2D eigenvalue weighted by Gasteiger charge is -2.10. The number of carbonyl (C=O) groups is 2. The first-order valence-electron chi connectivity index (χ1n) is 9.92. The fraction of sp³-hybridized carbons (Fsp3) is 0.227. The number of nitrogens with zero attached hydrogens (tertiary/aromatic N) is 5. The van der Waals surface area contributed by atoms with E-state index in [1.807, 2.05) is 51.4 Å². The van der Waals surface area contributed by atoms with E-state index in [0.717, 1.165) is 16.6 Å². The Morgan fingerprint density at radius 1 is 1.10 bits per heavy atom. The summed E-state index contributed by atoms with van der Waals surface area (Å²) >= 11 is 0. The van der Waals surface area contributed by atoms with E-state index in [1.165, 1.54) is 7.05 Å². The van der Waals surface area contributed by atoms with Crippen molar-refractivity contribution in [3.8, 4) is 11.3 Å².